The number of hydrogen-bond acceptors (Lipinski definition) is 2. The number of guanidine groups is 1. The molecule has 0 saturated carbocycles. The summed E-state index contributed by atoms with van der Waals surface area (Å²) in [5.74, 6) is 0.919. The van der Waals surface area contributed by atoms with Crippen LogP contribution in [0.4, 0.5) is 4.39 Å². The van der Waals surface area contributed by atoms with Crippen LogP contribution in [-0.4, -0.2) is 19.6 Å². The monoisotopic (exact) mass is 290 g/mol. The van der Waals surface area contributed by atoms with Crippen LogP contribution in [0.25, 0.3) is 0 Å². The highest BCUT2D eigenvalue weighted by Gasteiger charge is 2.07. The van der Waals surface area contributed by atoms with E-state index in [4.69, 9.17) is 5.26 Å². The van der Waals surface area contributed by atoms with Gasteiger partial charge in [0.15, 0.2) is 5.96 Å². The Balaban J connectivity index is 2.58. The van der Waals surface area contributed by atoms with Crippen LogP contribution >= 0.6 is 0 Å². The van der Waals surface area contributed by atoms with Crippen molar-refractivity contribution in [2.24, 2.45) is 10.9 Å². The molecule has 21 heavy (non-hydrogen) atoms. The fourth-order valence-corrected chi connectivity index (χ4v) is 2.00. The van der Waals surface area contributed by atoms with Gasteiger partial charge in [-0.25, -0.2) is 4.39 Å². The quantitative estimate of drug-likeness (QED) is 0.625. The second-order valence-corrected chi connectivity index (χ2v) is 4.91. The molecule has 0 aliphatic rings. The zero-order chi connectivity index (χ0) is 15.7. The molecule has 0 amide bonds. The molecule has 5 heteroatoms. The lowest BCUT2D eigenvalue weighted by Gasteiger charge is -2.17. The highest BCUT2D eigenvalue weighted by atomic mass is 19.1. The summed E-state index contributed by atoms with van der Waals surface area (Å²) in [6.07, 6.45) is 2.22. The molecule has 0 atom stereocenters. The van der Waals surface area contributed by atoms with Gasteiger partial charge in [0.25, 0.3) is 0 Å². The Kier molecular flexibility index (Phi) is 7.24. The van der Waals surface area contributed by atoms with Gasteiger partial charge < -0.3 is 10.6 Å². The van der Waals surface area contributed by atoms with Gasteiger partial charge in [0.05, 0.1) is 11.6 Å². The first kappa shape index (κ1) is 17.0. The van der Waals surface area contributed by atoms with Crippen LogP contribution in [0.3, 0.4) is 0 Å². The maximum absolute atomic E-state index is 13.7. The lowest BCUT2D eigenvalue weighted by Crippen LogP contribution is -2.39. The fourth-order valence-electron chi connectivity index (χ4n) is 2.00. The molecule has 1 aromatic carbocycles. The van der Waals surface area contributed by atoms with Crippen LogP contribution in [0.2, 0.25) is 0 Å². The van der Waals surface area contributed by atoms with Gasteiger partial charge in [-0.2, -0.15) is 5.26 Å². The number of nitrogens with zero attached hydrogens (tertiary/aromatic N) is 2. The largest absolute Gasteiger partial charge is 0.356 e. The van der Waals surface area contributed by atoms with Gasteiger partial charge in [-0.05, 0) is 24.1 Å². The van der Waals surface area contributed by atoms with Crippen molar-refractivity contribution in [2.45, 2.75) is 33.2 Å². The summed E-state index contributed by atoms with van der Waals surface area (Å²) < 4.78 is 13.7. The topological polar surface area (TPSA) is 60.2 Å². The summed E-state index contributed by atoms with van der Waals surface area (Å²) in [4.78, 5) is 4.12. The molecule has 0 spiro atoms. The van der Waals surface area contributed by atoms with E-state index in [1.807, 2.05) is 6.07 Å². The molecule has 0 radical (unpaired) electrons. The fraction of sp³-hybridized carbons (Fsp3) is 0.500. The molecule has 4 nitrogen and oxygen atoms in total. The van der Waals surface area contributed by atoms with E-state index in [0.29, 0.717) is 29.5 Å². The zero-order valence-corrected chi connectivity index (χ0v) is 12.9. The van der Waals surface area contributed by atoms with Gasteiger partial charge in [0.2, 0.25) is 0 Å². The molecule has 0 aliphatic heterocycles. The minimum atomic E-state index is -0.322. The zero-order valence-electron chi connectivity index (χ0n) is 12.9. The Morgan fingerprint density at radius 1 is 1.33 bits per heavy atom. The molecular weight excluding hydrogens is 267 g/mol. The van der Waals surface area contributed by atoms with E-state index < -0.39 is 0 Å². The van der Waals surface area contributed by atoms with Crippen molar-refractivity contribution < 1.29 is 4.39 Å². The molecule has 0 heterocycles. The first-order valence-corrected chi connectivity index (χ1v) is 7.27. The summed E-state index contributed by atoms with van der Waals surface area (Å²) in [5.41, 5.74) is 0.910. The standard InChI is InChI=1S/C16H23FN4/c1-4-12(5-2)10-20-16(19-3)21-11-14-8-13(9-18)6-7-15(14)17/h6-8,12H,4-5,10-11H2,1-3H3,(H2,19,20,21). The van der Waals surface area contributed by atoms with Crippen molar-refractivity contribution in [3.63, 3.8) is 0 Å². The van der Waals surface area contributed by atoms with Gasteiger partial charge in [-0.3, -0.25) is 4.99 Å². The van der Waals surface area contributed by atoms with E-state index in [-0.39, 0.29) is 5.82 Å². The lowest BCUT2D eigenvalue weighted by molar-refractivity contribution is 0.481. The number of aliphatic imine (C=N–C) groups is 1. The number of hydrogen-bond donors (Lipinski definition) is 2. The molecule has 1 rings (SSSR count). The maximum Gasteiger partial charge on any atom is 0.191 e. The summed E-state index contributed by atoms with van der Waals surface area (Å²) in [5, 5.41) is 15.2. The van der Waals surface area contributed by atoms with Crippen molar-refractivity contribution in [3.8, 4) is 6.07 Å². The van der Waals surface area contributed by atoms with E-state index in [0.717, 1.165) is 19.4 Å². The van der Waals surface area contributed by atoms with Gasteiger partial charge in [0, 0.05) is 25.7 Å². The maximum atomic E-state index is 13.7. The summed E-state index contributed by atoms with van der Waals surface area (Å²) in [7, 11) is 1.68. The molecule has 2 N–H and O–H groups in total. The van der Waals surface area contributed by atoms with E-state index in [9.17, 15) is 4.39 Å². The summed E-state index contributed by atoms with van der Waals surface area (Å²) in [6, 6.07) is 6.35. The molecule has 0 aromatic heterocycles. The highest BCUT2D eigenvalue weighted by Crippen LogP contribution is 2.10. The molecular formula is C16H23FN4. The van der Waals surface area contributed by atoms with Crippen LogP contribution in [0, 0.1) is 23.1 Å². The van der Waals surface area contributed by atoms with Crippen LogP contribution in [0.5, 0.6) is 0 Å². The third kappa shape index (κ3) is 5.42. The second kappa shape index (κ2) is 8.96. The normalized spacial score (nSPS) is 11.3. The van der Waals surface area contributed by atoms with Crippen molar-refractivity contribution in [3.05, 3.63) is 35.1 Å². The predicted octanol–water partition coefficient (Wildman–Crippen LogP) is 2.80. The number of nitriles is 1. The van der Waals surface area contributed by atoms with Crippen molar-refractivity contribution in [1.82, 2.24) is 10.6 Å². The minimum absolute atomic E-state index is 0.296. The number of nitrogens with one attached hydrogen (secondary N) is 2. The molecule has 0 bridgehead atoms. The highest BCUT2D eigenvalue weighted by molar-refractivity contribution is 5.79. The van der Waals surface area contributed by atoms with Gasteiger partial charge >= 0.3 is 0 Å². The number of halogens is 1. The molecule has 0 fully saturated rings. The molecule has 0 aliphatic carbocycles. The van der Waals surface area contributed by atoms with Crippen molar-refractivity contribution in [1.29, 1.82) is 5.26 Å². The third-order valence-electron chi connectivity index (χ3n) is 3.56. The smallest absolute Gasteiger partial charge is 0.191 e. The molecule has 114 valence electrons. The number of rotatable bonds is 6. The van der Waals surface area contributed by atoms with Crippen LogP contribution in [-0.2, 0) is 6.54 Å². The van der Waals surface area contributed by atoms with E-state index in [2.05, 4.69) is 29.5 Å². The Labute approximate surface area is 126 Å². The number of benzene rings is 1. The molecule has 1 aromatic rings. The lowest BCUT2D eigenvalue weighted by atomic mass is 10.0. The molecule has 0 unspecified atom stereocenters. The summed E-state index contributed by atoms with van der Waals surface area (Å²) >= 11 is 0. The average Bonchev–Trinajstić information content (AvgIpc) is 2.52. The Morgan fingerprint density at radius 3 is 2.62 bits per heavy atom. The van der Waals surface area contributed by atoms with Gasteiger partial charge in [-0.1, -0.05) is 26.7 Å². The van der Waals surface area contributed by atoms with Gasteiger partial charge in [0.1, 0.15) is 5.82 Å². The van der Waals surface area contributed by atoms with Crippen molar-refractivity contribution in [2.75, 3.05) is 13.6 Å². The van der Waals surface area contributed by atoms with Gasteiger partial charge in [-0.15, -0.1) is 0 Å². The van der Waals surface area contributed by atoms with Crippen LogP contribution < -0.4 is 10.6 Å². The van der Waals surface area contributed by atoms with Crippen LogP contribution in [0.15, 0.2) is 23.2 Å². The minimum Gasteiger partial charge on any atom is -0.356 e. The average molecular weight is 290 g/mol. The Morgan fingerprint density at radius 2 is 2.05 bits per heavy atom. The Hall–Kier alpha value is -2.09. The third-order valence-corrected chi connectivity index (χ3v) is 3.56. The van der Waals surface area contributed by atoms with E-state index in [1.54, 1.807) is 13.1 Å². The Bertz CT molecular complexity index is 515. The SMILES string of the molecule is CCC(CC)CNC(=NC)NCc1cc(C#N)ccc1F. The van der Waals surface area contributed by atoms with Crippen molar-refractivity contribution >= 4 is 5.96 Å². The molecule has 0 saturated heterocycles. The summed E-state index contributed by atoms with van der Waals surface area (Å²) in [6.45, 7) is 5.46. The predicted molar refractivity (Wildman–Crippen MR) is 83.4 cm³/mol. The second-order valence-electron chi connectivity index (χ2n) is 4.91. The van der Waals surface area contributed by atoms with E-state index in [1.165, 1.54) is 12.1 Å². The first-order chi connectivity index (χ1) is 10.1. The van der Waals surface area contributed by atoms with Crippen LogP contribution in [0.1, 0.15) is 37.8 Å². The van der Waals surface area contributed by atoms with E-state index >= 15 is 0 Å². The first-order valence-electron chi connectivity index (χ1n) is 7.27.